The first-order valence-electron chi connectivity index (χ1n) is 10.3. The third-order valence-electron chi connectivity index (χ3n) is 5.76. The fraction of sp³-hybridized carbons (Fsp3) is 0.120. The molecule has 32 heavy (non-hydrogen) atoms. The van der Waals surface area contributed by atoms with Gasteiger partial charge in [0, 0.05) is 12.0 Å². The highest BCUT2D eigenvalue weighted by Gasteiger charge is 2.57. The fourth-order valence-electron chi connectivity index (χ4n) is 4.26. The van der Waals surface area contributed by atoms with Crippen molar-refractivity contribution in [3.8, 4) is 5.75 Å². The van der Waals surface area contributed by atoms with Crippen molar-refractivity contribution in [2.45, 2.75) is 17.6 Å². The van der Waals surface area contributed by atoms with Crippen molar-refractivity contribution in [2.24, 2.45) is 5.10 Å². The van der Waals surface area contributed by atoms with E-state index in [4.69, 9.17) is 9.84 Å². The Kier molecular flexibility index (Phi) is 4.33. The van der Waals surface area contributed by atoms with E-state index in [0.29, 0.717) is 11.3 Å². The molecule has 3 aliphatic heterocycles. The number of rotatable bonds is 2. The molecule has 5 nitrogen and oxygen atoms in total. The third kappa shape index (κ3) is 3.08. The van der Waals surface area contributed by atoms with E-state index in [9.17, 15) is 9.18 Å². The minimum absolute atomic E-state index is 0.0619. The third-order valence-corrected chi connectivity index (χ3v) is 6.93. The van der Waals surface area contributed by atoms with Gasteiger partial charge in [-0.1, -0.05) is 60.7 Å². The maximum Gasteiger partial charge on any atom is 0.336 e. The number of halogens is 1. The van der Waals surface area contributed by atoms with Crippen molar-refractivity contribution in [1.29, 1.82) is 0 Å². The standard InChI is InChI=1S/C25H18FN3O2S/c26-18-12-10-16(11-13-18)14-23-24(30)27-25(32-23)29-21(19-8-4-5-9-22(19)31-25)15-20(28-29)17-6-2-1-3-7-17/h1-14,21H,15H2,(H,27,30)/b23-14-/t21-,25-/m1/s1. The number of benzene rings is 3. The molecule has 0 aromatic heterocycles. The molecule has 1 N–H and O–H groups in total. The molecule has 1 amide bonds. The van der Waals surface area contributed by atoms with Gasteiger partial charge in [-0.25, -0.2) is 9.40 Å². The largest absolute Gasteiger partial charge is 0.439 e. The van der Waals surface area contributed by atoms with Gasteiger partial charge in [-0.2, -0.15) is 5.10 Å². The van der Waals surface area contributed by atoms with Crippen LogP contribution >= 0.6 is 11.8 Å². The Morgan fingerprint density at radius 2 is 1.81 bits per heavy atom. The molecule has 1 fully saturated rings. The molecule has 0 aliphatic carbocycles. The number of ether oxygens (including phenoxy) is 1. The van der Waals surface area contributed by atoms with Crippen LogP contribution in [0.4, 0.5) is 4.39 Å². The molecule has 158 valence electrons. The molecular formula is C25H18FN3O2S. The topological polar surface area (TPSA) is 53.9 Å². The van der Waals surface area contributed by atoms with Crippen LogP contribution in [0.2, 0.25) is 0 Å². The molecule has 0 saturated carbocycles. The van der Waals surface area contributed by atoms with E-state index in [-0.39, 0.29) is 17.8 Å². The summed E-state index contributed by atoms with van der Waals surface area (Å²) in [6, 6.07) is 23.9. The van der Waals surface area contributed by atoms with Gasteiger partial charge in [0.25, 0.3) is 5.91 Å². The Hall–Kier alpha value is -3.58. The molecule has 0 radical (unpaired) electrons. The van der Waals surface area contributed by atoms with E-state index in [1.807, 2.05) is 59.6 Å². The van der Waals surface area contributed by atoms with Crippen LogP contribution in [0.1, 0.15) is 29.2 Å². The van der Waals surface area contributed by atoms with Gasteiger partial charge in [-0.15, -0.1) is 0 Å². The average Bonchev–Trinajstić information content (AvgIpc) is 3.39. The van der Waals surface area contributed by atoms with Crippen LogP contribution in [0.15, 0.2) is 88.9 Å². The molecule has 2 atom stereocenters. The van der Waals surface area contributed by atoms with Gasteiger partial charge in [0.15, 0.2) is 0 Å². The fourth-order valence-corrected chi connectivity index (χ4v) is 5.43. The zero-order valence-corrected chi connectivity index (χ0v) is 17.7. The molecule has 3 heterocycles. The molecule has 7 heteroatoms. The van der Waals surface area contributed by atoms with E-state index in [1.165, 1.54) is 23.9 Å². The molecule has 3 aliphatic rings. The molecule has 1 spiro atoms. The average molecular weight is 444 g/mol. The maximum absolute atomic E-state index is 13.3. The van der Waals surface area contributed by atoms with Crippen molar-refractivity contribution in [3.63, 3.8) is 0 Å². The number of nitrogens with one attached hydrogen (secondary N) is 1. The van der Waals surface area contributed by atoms with Crippen molar-refractivity contribution in [2.75, 3.05) is 0 Å². The summed E-state index contributed by atoms with van der Waals surface area (Å²) in [4.78, 5) is 13.4. The maximum atomic E-state index is 13.3. The highest BCUT2D eigenvalue weighted by atomic mass is 32.2. The Morgan fingerprint density at radius 3 is 2.62 bits per heavy atom. The predicted octanol–water partition coefficient (Wildman–Crippen LogP) is 4.88. The van der Waals surface area contributed by atoms with Crippen LogP contribution in [-0.4, -0.2) is 21.8 Å². The van der Waals surface area contributed by atoms with E-state index in [2.05, 4.69) is 5.32 Å². The van der Waals surface area contributed by atoms with Crippen LogP contribution in [-0.2, 0) is 4.79 Å². The lowest BCUT2D eigenvalue weighted by Crippen LogP contribution is -2.58. The summed E-state index contributed by atoms with van der Waals surface area (Å²) in [6.07, 6.45) is 2.45. The smallest absolute Gasteiger partial charge is 0.336 e. The first kappa shape index (κ1) is 19.1. The van der Waals surface area contributed by atoms with E-state index in [1.54, 1.807) is 18.2 Å². The lowest BCUT2D eigenvalue weighted by atomic mass is 9.97. The molecule has 3 aromatic carbocycles. The predicted molar refractivity (Wildman–Crippen MR) is 122 cm³/mol. The van der Waals surface area contributed by atoms with Crippen molar-refractivity contribution < 1.29 is 13.9 Å². The van der Waals surface area contributed by atoms with Crippen LogP contribution in [0, 0.1) is 5.82 Å². The lowest BCUT2D eigenvalue weighted by Gasteiger charge is -2.43. The monoisotopic (exact) mass is 443 g/mol. The quantitative estimate of drug-likeness (QED) is 0.574. The number of hydrogen-bond acceptors (Lipinski definition) is 5. The number of nitrogens with zero attached hydrogens (tertiary/aromatic N) is 2. The van der Waals surface area contributed by atoms with Gasteiger partial charge in [0.2, 0.25) is 0 Å². The van der Waals surface area contributed by atoms with Crippen LogP contribution < -0.4 is 10.1 Å². The summed E-state index contributed by atoms with van der Waals surface area (Å²) in [5.41, 5.74) is 3.77. The van der Waals surface area contributed by atoms with Gasteiger partial charge in [-0.05, 0) is 47.2 Å². The highest BCUT2D eigenvalue weighted by Crippen LogP contribution is 2.53. The van der Waals surface area contributed by atoms with Crippen LogP contribution in [0.3, 0.4) is 0 Å². The molecule has 0 unspecified atom stereocenters. The van der Waals surface area contributed by atoms with E-state index in [0.717, 1.165) is 28.2 Å². The highest BCUT2D eigenvalue weighted by molar-refractivity contribution is 8.05. The van der Waals surface area contributed by atoms with Crippen LogP contribution in [0.25, 0.3) is 6.08 Å². The first-order chi connectivity index (χ1) is 15.6. The van der Waals surface area contributed by atoms with Crippen molar-refractivity contribution >= 4 is 29.5 Å². The summed E-state index contributed by atoms with van der Waals surface area (Å²) >= 11 is 1.28. The van der Waals surface area contributed by atoms with E-state index < -0.39 is 5.18 Å². The van der Waals surface area contributed by atoms with Gasteiger partial charge >= 0.3 is 5.18 Å². The number of hydrogen-bond donors (Lipinski definition) is 1. The first-order valence-corrected chi connectivity index (χ1v) is 11.1. The number of fused-ring (bicyclic) bond motifs is 4. The van der Waals surface area contributed by atoms with Gasteiger partial charge < -0.3 is 4.74 Å². The summed E-state index contributed by atoms with van der Waals surface area (Å²) in [7, 11) is 0. The molecule has 3 aromatic rings. The van der Waals surface area contributed by atoms with Crippen LogP contribution in [0.5, 0.6) is 5.75 Å². The Morgan fingerprint density at radius 1 is 1.06 bits per heavy atom. The Labute approximate surface area is 188 Å². The summed E-state index contributed by atoms with van der Waals surface area (Å²) < 4.78 is 19.7. The number of thioether (sulfide) groups is 1. The van der Waals surface area contributed by atoms with Gasteiger partial charge in [0.05, 0.1) is 16.7 Å². The Bertz CT molecular complexity index is 1280. The van der Waals surface area contributed by atoms with Gasteiger partial charge in [-0.3, -0.25) is 10.1 Å². The number of carbonyl (C=O) groups excluding carboxylic acids is 1. The second-order valence-electron chi connectivity index (χ2n) is 7.82. The van der Waals surface area contributed by atoms with Crippen molar-refractivity contribution in [1.82, 2.24) is 10.3 Å². The number of amides is 1. The molecule has 0 bridgehead atoms. The summed E-state index contributed by atoms with van der Waals surface area (Å²) in [5, 5.41) is 8.61. The number of carbonyl (C=O) groups is 1. The van der Waals surface area contributed by atoms with E-state index >= 15 is 0 Å². The van der Waals surface area contributed by atoms with Crippen molar-refractivity contribution in [3.05, 3.63) is 106 Å². The second-order valence-corrected chi connectivity index (χ2v) is 9.01. The normalized spacial score (nSPS) is 24.7. The number of hydrazone groups is 1. The number of para-hydroxylation sites is 1. The summed E-state index contributed by atoms with van der Waals surface area (Å²) in [5.74, 6) is 0.164. The summed E-state index contributed by atoms with van der Waals surface area (Å²) in [6.45, 7) is 0. The minimum atomic E-state index is -1.18. The minimum Gasteiger partial charge on any atom is -0.439 e. The molecule has 6 rings (SSSR count). The SMILES string of the molecule is O=C1N[C@@]2(Oc3ccccc3[C@H]3CC(c4ccccc4)=NN32)S/C1=C\c1ccc(F)cc1. The van der Waals surface area contributed by atoms with Gasteiger partial charge in [0.1, 0.15) is 11.6 Å². The second kappa shape index (κ2) is 7.24. The molecular weight excluding hydrogens is 425 g/mol. The molecule has 1 saturated heterocycles. The zero-order valence-electron chi connectivity index (χ0n) is 16.9. The Balaban J connectivity index is 1.42. The lowest BCUT2D eigenvalue weighted by molar-refractivity contribution is -0.127. The zero-order chi connectivity index (χ0) is 21.7.